The Morgan fingerprint density at radius 2 is 1.89 bits per heavy atom. The molecule has 2 heterocycles. The number of aliphatic imine (C=N–C) groups is 1. The molecule has 2 saturated heterocycles. The molecule has 0 aromatic heterocycles. The van der Waals surface area contributed by atoms with E-state index >= 15 is 0 Å². The fourth-order valence-electron chi connectivity index (χ4n) is 4.36. The number of fused-ring (bicyclic) bond motifs is 1. The van der Waals surface area contributed by atoms with E-state index in [-0.39, 0.29) is 29.2 Å². The van der Waals surface area contributed by atoms with Crippen LogP contribution in [0.15, 0.2) is 53.5 Å². The zero-order chi connectivity index (χ0) is 27.0. The number of sulfone groups is 1. The van der Waals surface area contributed by atoms with Crippen LogP contribution in [0.1, 0.15) is 31.9 Å². The van der Waals surface area contributed by atoms with Crippen molar-refractivity contribution in [3.8, 4) is 0 Å². The third-order valence-corrected chi connectivity index (χ3v) is 9.42. The molecule has 2 aromatic carbocycles. The summed E-state index contributed by atoms with van der Waals surface area (Å²) in [5.74, 6) is -0.576. The molecular formula is C26H30ClN3O5S2. The maximum absolute atomic E-state index is 13.5. The van der Waals surface area contributed by atoms with Gasteiger partial charge in [0, 0.05) is 22.4 Å². The molecule has 2 amide bonds. The average molecular weight is 564 g/mol. The molecule has 2 fully saturated rings. The van der Waals surface area contributed by atoms with Crippen LogP contribution in [0.4, 0.5) is 10.5 Å². The summed E-state index contributed by atoms with van der Waals surface area (Å²) in [6.45, 7) is 7.13. The molecule has 4 rings (SSSR count). The van der Waals surface area contributed by atoms with Crippen LogP contribution in [-0.4, -0.2) is 60.0 Å². The Balaban J connectivity index is 1.68. The third-order valence-electron chi connectivity index (χ3n) is 5.97. The molecule has 0 bridgehead atoms. The molecule has 2 aliphatic heterocycles. The normalized spacial score (nSPS) is 22.5. The van der Waals surface area contributed by atoms with Crippen LogP contribution < -0.4 is 10.2 Å². The monoisotopic (exact) mass is 563 g/mol. The van der Waals surface area contributed by atoms with Crippen molar-refractivity contribution >= 4 is 56.1 Å². The molecule has 0 radical (unpaired) electrons. The number of amides is 2. The number of nitrogens with one attached hydrogen (secondary N) is 1. The summed E-state index contributed by atoms with van der Waals surface area (Å²) in [4.78, 5) is 32.4. The number of nitrogens with zero attached hydrogens (tertiary/aromatic N) is 2. The topological polar surface area (TPSA) is 105 Å². The minimum absolute atomic E-state index is 0.00919. The molecular weight excluding hydrogens is 534 g/mol. The quantitative estimate of drug-likeness (QED) is 0.575. The molecule has 0 spiro atoms. The van der Waals surface area contributed by atoms with Gasteiger partial charge in [-0.3, -0.25) is 4.79 Å². The highest BCUT2D eigenvalue weighted by molar-refractivity contribution is 8.16. The molecule has 3 atom stereocenters. The van der Waals surface area contributed by atoms with Gasteiger partial charge in [0.1, 0.15) is 11.6 Å². The number of carbonyl (C=O) groups is 2. The smallest absolute Gasteiger partial charge is 0.408 e. The number of anilines is 1. The van der Waals surface area contributed by atoms with Crippen LogP contribution in [-0.2, 0) is 25.8 Å². The third kappa shape index (κ3) is 6.86. The molecule has 0 unspecified atom stereocenters. The van der Waals surface area contributed by atoms with Gasteiger partial charge < -0.3 is 15.0 Å². The van der Waals surface area contributed by atoms with Gasteiger partial charge in [-0.1, -0.05) is 59.8 Å². The van der Waals surface area contributed by atoms with Gasteiger partial charge in [0.05, 0.1) is 17.5 Å². The lowest BCUT2D eigenvalue weighted by molar-refractivity contribution is -0.119. The number of thioether (sulfide) groups is 1. The van der Waals surface area contributed by atoms with Gasteiger partial charge in [0.15, 0.2) is 15.0 Å². The van der Waals surface area contributed by atoms with Crippen LogP contribution in [0.2, 0.25) is 5.02 Å². The first-order chi connectivity index (χ1) is 17.3. The Hall–Kier alpha value is -2.56. The Bertz CT molecular complexity index is 1330. The predicted octanol–water partition coefficient (Wildman–Crippen LogP) is 4.39. The summed E-state index contributed by atoms with van der Waals surface area (Å²) < 4.78 is 30.2. The van der Waals surface area contributed by atoms with E-state index in [2.05, 4.69) is 10.3 Å². The van der Waals surface area contributed by atoms with Gasteiger partial charge in [-0.25, -0.2) is 13.2 Å². The summed E-state index contributed by atoms with van der Waals surface area (Å²) in [6.07, 6.45) is -0.496. The van der Waals surface area contributed by atoms with Crippen molar-refractivity contribution in [3.63, 3.8) is 0 Å². The average Bonchev–Trinajstić information content (AvgIpc) is 3.25. The highest BCUT2D eigenvalue weighted by atomic mass is 35.5. The van der Waals surface area contributed by atoms with E-state index in [0.29, 0.717) is 15.9 Å². The lowest BCUT2D eigenvalue weighted by atomic mass is 10.1. The molecule has 11 heteroatoms. The largest absolute Gasteiger partial charge is 0.444 e. The maximum atomic E-state index is 13.5. The van der Waals surface area contributed by atoms with Crippen molar-refractivity contribution in [2.45, 2.75) is 57.1 Å². The number of hydrogen-bond acceptors (Lipinski definition) is 6. The van der Waals surface area contributed by atoms with E-state index in [1.807, 2.05) is 48.2 Å². The molecule has 0 saturated carbocycles. The number of rotatable bonds is 5. The molecule has 8 nitrogen and oxygen atoms in total. The SMILES string of the molecule is Cc1ccc(Cl)cc1N1C(=NC(=O)[C@@H](Cc2ccccc2)NC(=O)OC(C)(C)C)S[C@H]2CS(=O)(=O)C[C@@H]21. The molecule has 0 aliphatic carbocycles. The highest BCUT2D eigenvalue weighted by Gasteiger charge is 2.50. The van der Waals surface area contributed by atoms with Crippen molar-refractivity contribution in [1.82, 2.24) is 5.32 Å². The number of hydrogen-bond donors (Lipinski definition) is 1. The van der Waals surface area contributed by atoms with E-state index in [9.17, 15) is 18.0 Å². The standard InChI is InChI=1S/C26H30ClN3O5S2/c1-16-10-11-18(27)13-20(16)30-21-14-37(33,34)15-22(21)36-24(30)29-23(31)19(12-17-8-6-5-7-9-17)28-25(32)35-26(2,3)4/h5-11,13,19,21-22H,12,14-15H2,1-4H3,(H,28,32)/t19-,21+,22+/m1/s1. The zero-order valence-electron chi connectivity index (χ0n) is 21.1. The number of aryl methyl sites for hydroxylation is 1. The Labute approximate surface area is 226 Å². The summed E-state index contributed by atoms with van der Waals surface area (Å²) in [5.41, 5.74) is 1.70. The second-order valence-corrected chi connectivity index (χ2v) is 14.0. The maximum Gasteiger partial charge on any atom is 0.408 e. The number of benzene rings is 2. The van der Waals surface area contributed by atoms with Crippen molar-refractivity contribution < 1.29 is 22.7 Å². The fourth-order valence-corrected chi connectivity index (χ4v) is 8.44. The second-order valence-electron chi connectivity index (χ2n) is 10.2. The number of carbonyl (C=O) groups excluding carboxylic acids is 2. The van der Waals surface area contributed by atoms with Gasteiger partial charge >= 0.3 is 6.09 Å². The van der Waals surface area contributed by atoms with E-state index in [1.54, 1.807) is 32.9 Å². The lowest BCUT2D eigenvalue weighted by Gasteiger charge is -2.27. The number of alkyl carbamates (subject to hydrolysis) is 1. The van der Waals surface area contributed by atoms with Gasteiger partial charge in [-0.05, 0) is 51.0 Å². The Kier molecular flexibility index (Phi) is 7.92. The van der Waals surface area contributed by atoms with Crippen LogP contribution in [0.5, 0.6) is 0 Å². The number of halogens is 1. The van der Waals surface area contributed by atoms with E-state index in [0.717, 1.165) is 11.1 Å². The zero-order valence-corrected chi connectivity index (χ0v) is 23.5. The summed E-state index contributed by atoms with van der Waals surface area (Å²) in [7, 11) is -3.22. The Morgan fingerprint density at radius 1 is 1.19 bits per heavy atom. The summed E-state index contributed by atoms with van der Waals surface area (Å²) >= 11 is 7.55. The van der Waals surface area contributed by atoms with Crippen LogP contribution in [0, 0.1) is 6.92 Å². The molecule has 198 valence electrons. The van der Waals surface area contributed by atoms with Crippen LogP contribution >= 0.6 is 23.4 Å². The minimum atomic E-state index is -3.22. The second kappa shape index (κ2) is 10.7. The summed E-state index contributed by atoms with van der Waals surface area (Å²) in [6, 6.07) is 13.3. The van der Waals surface area contributed by atoms with Crippen molar-refractivity contribution in [1.29, 1.82) is 0 Å². The van der Waals surface area contributed by atoms with E-state index in [1.165, 1.54) is 11.8 Å². The van der Waals surface area contributed by atoms with Crippen LogP contribution in [0.25, 0.3) is 0 Å². The van der Waals surface area contributed by atoms with Gasteiger partial charge in [0.25, 0.3) is 5.91 Å². The number of ether oxygens (including phenoxy) is 1. The van der Waals surface area contributed by atoms with Crippen molar-refractivity contribution in [2.24, 2.45) is 4.99 Å². The molecule has 37 heavy (non-hydrogen) atoms. The van der Waals surface area contributed by atoms with Crippen molar-refractivity contribution in [3.05, 3.63) is 64.7 Å². The Morgan fingerprint density at radius 3 is 2.57 bits per heavy atom. The first-order valence-electron chi connectivity index (χ1n) is 11.9. The van der Waals surface area contributed by atoms with Gasteiger partial charge in [-0.15, -0.1) is 0 Å². The first kappa shape index (κ1) is 27.5. The summed E-state index contributed by atoms with van der Waals surface area (Å²) in [5, 5.41) is 3.30. The number of amidine groups is 1. The molecule has 2 aliphatic rings. The molecule has 1 N–H and O–H groups in total. The van der Waals surface area contributed by atoms with Gasteiger partial charge in [0.2, 0.25) is 0 Å². The van der Waals surface area contributed by atoms with E-state index in [4.69, 9.17) is 16.3 Å². The van der Waals surface area contributed by atoms with E-state index < -0.39 is 33.5 Å². The predicted molar refractivity (Wildman–Crippen MR) is 148 cm³/mol. The lowest BCUT2D eigenvalue weighted by Crippen LogP contribution is -2.45. The van der Waals surface area contributed by atoms with Crippen LogP contribution in [0.3, 0.4) is 0 Å². The minimum Gasteiger partial charge on any atom is -0.444 e. The fraction of sp³-hybridized carbons (Fsp3) is 0.423. The highest BCUT2D eigenvalue weighted by Crippen LogP contribution is 2.42. The van der Waals surface area contributed by atoms with Gasteiger partial charge in [-0.2, -0.15) is 4.99 Å². The first-order valence-corrected chi connectivity index (χ1v) is 15.0. The molecule has 2 aromatic rings. The van der Waals surface area contributed by atoms with Crippen molar-refractivity contribution in [2.75, 3.05) is 16.4 Å².